The first-order chi connectivity index (χ1) is 8.20. The quantitative estimate of drug-likeness (QED) is 0.629. The van der Waals surface area contributed by atoms with E-state index in [0.717, 1.165) is 16.8 Å². The first-order valence-corrected chi connectivity index (χ1v) is 5.04. The highest BCUT2D eigenvalue weighted by Crippen LogP contribution is 2.20. The Morgan fingerprint density at radius 2 is 1.88 bits per heavy atom. The van der Waals surface area contributed by atoms with Crippen LogP contribution in [-0.4, -0.2) is 11.1 Å². The average Bonchev–Trinajstić information content (AvgIpc) is 2.35. The highest BCUT2D eigenvalue weighted by atomic mass is 16.4. The Morgan fingerprint density at radius 1 is 1.18 bits per heavy atom. The van der Waals surface area contributed by atoms with Crippen LogP contribution in [0.25, 0.3) is 16.3 Å². The molecule has 0 aliphatic heterocycles. The van der Waals surface area contributed by atoms with Crippen LogP contribution in [0.3, 0.4) is 0 Å². The van der Waals surface area contributed by atoms with Gasteiger partial charge >= 0.3 is 5.97 Å². The van der Waals surface area contributed by atoms with Crippen molar-refractivity contribution in [2.24, 2.45) is 0 Å². The van der Waals surface area contributed by atoms with Crippen molar-refractivity contribution >= 4 is 22.3 Å². The number of aliphatic carboxylic acids is 1. The fourth-order valence-corrected chi connectivity index (χ4v) is 1.66. The van der Waals surface area contributed by atoms with Crippen LogP contribution in [0.4, 0.5) is 0 Å². The Hall–Kier alpha value is -2.60. The van der Waals surface area contributed by atoms with E-state index in [4.69, 9.17) is 10.4 Å². The molecule has 0 aliphatic carbocycles. The van der Waals surface area contributed by atoms with Crippen molar-refractivity contribution in [3.63, 3.8) is 0 Å². The molecule has 2 aromatic carbocycles. The molecule has 82 valence electrons. The number of carboxylic acids is 1. The number of allylic oxidation sites excluding steroid dienone is 1. The van der Waals surface area contributed by atoms with Crippen LogP contribution >= 0.6 is 0 Å². The number of carboxylic acid groups (broad SMARTS) is 1. The molecular formula is C14H9NO2. The van der Waals surface area contributed by atoms with E-state index in [9.17, 15) is 4.79 Å². The molecule has 3 heteroatoms. The molecule has 2 aromatic rings. The van der Waals surface area contributed by atoms with Gasteiger partial charge in [-0.25, -0.2) is 4.79 Å². The van der Waals surface area contributed by atoms with E-state index in [2.05, 4.69) is 0 Å². The Kier molecular flexibility index (Phi) is 2.89. The third-order valence-corrected chi connectivity index (χ3v) is 2.45. The highest BCUT2D eigenvalue weighted by molar-refractivity contribution is 5.96. The predicted octanol–water partition coefficient (Wildman–Crippen LogP) is 2.83. The van der Waals surface area contributed by atoms with Crippen molar-refractivity contribution in [1.29, 1.82) is 5.26 Å². The van der Waals surface area contributed by atoms with Gasteiger partial charge in [0.15, 0.2) is 0 Å². The minimum absolute atomic E-state index is 0.156. The van der Waals surface area contributed by atoms with Gasteiger partial charge in [-0.3, -0.25) is 0 Å². The van der Waals surface area contributed by atoms with Gasteiger partial charge in [-0.2, -0.15) is 5.26 Å². The molecule has 0 aromatic heterocycles. The minimum Gasteiger partial charge on any atom is -0.478 e. The molecule has 0 aliphatic rings. The van der Waals surface area contributed by atoms with E-state index in [1.54, 1.807) is 6.07 Å². The molecule has 0 heterocycles. The second-order valence-corrected chi connectivity index (χ2v) is 3.57. The molecule has 0 saturated carbocycles. The lowest BCUT2D eigenvalue weighted by Gasteiger charge is -2.01. The Balaban J connectivity index is 2.57. The molecule has 0 amide bonds. The topological polar surface area (TPSA) is 61.1 Å². The minimum atomic E-state index is -1.12. The van der Waals surface area contributed by atoms with Crippen molar-refractivity contribution in [3.8, 4) is 6.07 Å². The fourth-order valence-electron chi connectivity index (χ4n) is 1.66. The third-order valence-electron chi connectivity index (χ3n) is 2.45. The largest absolute Gasteiger partial charge is 0.478 e. The van der Waals surface area contributed by atoms with Gasteiger partial charge in [0.2, 0.25) is 0 Å². The van der Waals surface area contributed by atoms with E-state index in [0.29, 0.717) is 5.56 Å². The van der Waals surface area contributed by atoms with Gasteiger partial charge in [-0.1, -0.05) is 36.4 Å². The SMILES string of the molecule is N#CC(=CC(=O)O)c1ccc2ccccc2c1. The lowest BCUT2D eigenvalue weighted by atomic mass is 10.0. The molecule has 0 radical (unpaired) electrons. The summed E-state index contributed by atoms with van der Waals surface area (Å²) in [4.78, 5) is 10.6. The van der Waals surface area contributed by atoms with Gasteiger partial charge in [-0.15, -0.1) is 0 Å². The summed E-state index contributed by atoms with van der Waals surface area (Å²) in [7, 11) is 0. The zero-order valence-electron chi connectivity index (χ0n) is 8.92. The van der Waals surface area contributed by atoms with E-state index in [-0.39, 0.29) is 5.57 Å². The van der Waals surface area contributed by atoms with Crippen LogP contribution < -0.4 is 0 Å². The highest BCUT2D eigenvalue weighted by Gasteiger charge is 2.04. The van der Waals surface area contributed by atoms with Crippen LogP contribution in [0.2, 0.25) is 0 Å². The second kappa shape index (κ2) is 4.50. The standard InChI is InChI=1S/C14H9NO2/c15-9-13(8-14(16)17)12-6-5-10-3-1-2-4-11(10)7-12/h1-8H,(H,16,17). The molecule has 0 spiro atoms. The van der Waals surface area contributed by atoms with E-state index in [1.807, 2.05) is 42.5 Å². The summed E-state index contributed by atoms with van der Waals surface area (Å²) in [5.41, 5.74) is 0.775. The maximum Gasteiger partial charge on any atom is 0.329 e. The Labute approximate surface area is 98.2 Å². The summed E-state index contributed by atoms with van der Waals surface area (Å²) < 4.78 is 0. The number of rotatable bonds is 2. The monoisotopic (exact) mass is 223 g/mol. The average molecular weight is 223 g/mol. The van der Waals surface area contributed by atoms with E-state index < -0.39 is 5.97 Å². The van der Waals surface area contributed by atoms with Crippen molar-refractivity contribution < 1.29 is 9.90 Å². The number of fused-ring (bicyclic) bond motifs is 1. The summed E-state index contributed by atoms with van der Waals surface area (Å²) in [5.74, 6) is -1.12. The van der Waals surface area contributed by atoms with Crippen molar-refractivity contribution in [3.05, 3.63) is 54.1 Å². The molecule has 0 bridgehead atoms. The van der Waals surface area contributed by atoms with E-state index >= 15 is 0 Å². The number of hydrogen-bond donors (Lipinski definition) is 1. The first-order valence-electron chi connectivity index (χ1n) is 5.04. The maximum atomic E-state index is 10.6. The molecule has 17 heavy (non-hydrogen) atoms. The smallest absolute Gasteiger partial charge is 0.329 e. The number of nitrogens with zero attached hydrogens (tertiary/aromatic N) is 1. The molecule has 3 nitrogen and oxygen atoms in total. The molecular weight excluding hydrogens is 214 g/mol. The predicted molar refractivity (Wildman–Crippen MR) is 65.2 cm³/mol. The molecule has 0 unspecified atom stereocenters. The second-order valence-electron chi connectivity index (χ2n) is 3.57. The normalized spacial score (nSPS) is 11.1. The van der Waals surface area contributed by atoms with Crippen LogP contribution in [0.5, 0.6) is 0 Å². The Bertz CT molecular complexity index is 651. The Morgan fingerprint density at radius 3 is 2.53 bits per heavy atom. The zero-order chi connectivity index (χ0) is 12.3. The molecule has 1 N–H and O–H groups in total. The fraction of sp³-hybridized carbons (Fsp3) is 0. The lowest BCUT2D eigenvalue weighted by molar-refractivity contribution is -0.131. The van der Waals surface area contributed by atoms with Gasteiger partial charge in [0.25, 0.3) is 0 Å². The van der Waals surface area contributed by atoms with Gasteiger partial charge in [-0.05, 0) is 22.4 Å². The zero-order valence-corrected chi connectivity index (χ0v) is 8.92. The number of benzene rings is 2. The van der Waals surface area contributed by atoms with Crippen molar-refractivity contribution in [2.45, 2.75) is 0 Å². The lowest BCUT2D eigenvalue weighted by Crippen LogP contribution is -1.91. The van der Waals surface area contributed by atoms with Crippen molar-refractivity contribution in [1.82, 2.24) is 0 Å². The molecule has 2 rings (SSSR count). The van der Waals surface area contributed by atoms with Crippen LogP contribution in [0.1, 0.15) is 5.56 Å². The number of nitriles is 1. The summed E-state index contributed by atoms with van der Waals surface area (Å²) in [5, 5.41) is 19.6. The number of carbonyl (C=O) groups is 1. The molecule has 0 saturated heterocycles. The van der Waals surface area contributed by atoms with Crippen LogP contribution in [0, 0.1) is 11.3 Å². The summed E-state index contributed by atoms with van der Waals surface area (Å²) >= 11 is 0. The summed E-state index contributed by atoms with van der Waals surface area (Å²) in [6, 6.07) is 15.1. The summed E-state index contributed by atoms with van der Waals surface area (Å²) in [6.07, 6.45) is 0.921. The number of hydrogen-bond acceptors (Lipinski definition) is 2. The van der Waals surface area contributed by atoms with Gasteiger partial charge < -0.3 is 5.11 Å². The first kappa shape index (κ1) is 10.9. The van der Waals surface area contributed by atoms with Crippen LogP contribution in [0.15, 0.2) is 48.5 Å². The molecule has 0 atom stereocenters. The molecule has 0 fully saturated rings. The van der Waals surface area contributed by atoms with Crippen LogP contribution in [-0.2, 0) is 4.79 Å². The summed E-state index contributed by atoms with van der Waals surface area (Å²) in [6.45, 7) is 0. The third kappa shape index (κ3) is 2.32. The van der Waals surface area contributed by atoms with Gasteiger partial charge in [0.05, 0.1) is 5.57 Å². The van der Waals surface area contributed by atoms with Crippen molar-refractivity contribution in [2.75, 3.05) is 0 Å². The van der Waals surface area contributed by atoms with Gasteiger partial charge in [0, 0.05) is 6.08 Å². The van der Waals surface area contributed by atoms with Gasteiger partial charge in [0.1, 0.15) is 6.07 Å². The maximum absolute atomic E-state index is 10.6. The van der Waals surface area contributed by atoms with E-state index in [1.165, 1.54) is 0 Å².